The summed E-state index contributed by atoms with van der Waals surface area (Å²) in [7, 11) is -3.54. The molecule has 7 nitrogen and oxygen atoms in total. The Morgan fingerprint density at radius 1 is 1.32 bits per heavy atom. The van der Waals surface area contributed by atoms with Crippen LogP contribution in [-0.4, -0.2) is 48.5 Å². The van der Waals surface area contributed by atoms with Gasteiger partial charge in [-0.1, -0.05) is 25.6 Å². The van der Waals surface area contributed by atoms with Gasteiger partial charge in [0.05, 0.1) is 10.6 Å². The van der Waals surface area contributed by atoms with Crippen molar-refractivity contribution in [2.24, 2.45) is 0 Å². The number of aromatic nitrogens is 1. The van der Waals surface area contributed by atoms with Gasteiger partial charge in [0, 0.05) is 19.1 Å². The van der Waals surface area contributed by atoms with E-state index in [0.717, 1.165) is 0 Å². The highest BCUT2D eigenvalue weighted by molar-refractivity contribution is 7.99. The zero-order valence-corrected chi connectivity index (χ0v) is 16.4. The maximum absolute atomic E-state index is 12.6. The van der Waals surface area contributed by atoms with Crippen LogP contribution in [0, 0.1) is 0 Å². The lowest BCUT2D eigenvalue weighted by atomic mass is 10.3. The standard InChI is InChI=1S/C16H23N3O4S2/c1-5-19(6-2)25(21,22)12-7-8-14-13(9-12)18-16(23-14)24-10-15(20)17-11(3)4/h7-9,11H,5-6,10H2,1-4H3,(H,17,20). The average Bonchev–Trinajstić information content (AvgIpc) is 2.95. The first-order valence-electron chi connectivity index (χ1n) is 8.10. The van der Waals surface area contributed by atoms with E-state index in [-0.39, 0.29) is 22.6 Å². The molecule has 0 atom stereocenters. The van der Waals surface area contributed by atoms with Gasteiger partial charge in [0.25, 0.3) is 5.22 Å². The predicted molar refractivity (Wildman–Crippen MR) is 98.1 cm³/mol. The molecule has 1 heterocycles. The molecule has 1 N–H and O–H groups in total. The highest BCUT2D eigenvalue weighted by Gasteiger charge is 2.22. The predicted octanol–water partition coefficient (Wildman–Crippen LogP) is 2.48. The van der Waals surface area contributed by atoms with Crippen LogP contribution in [0.15, 0.2) is 32.7 Å². The third kappa shape index (κ3) is 4.74. The van der Waals surface area contributed by atoms with Gasteiger partial charge in [-0.15, -0.1) is 0 Å². The molecule has 0 aliphatic heterocycles. The van der Waals surface area contributed by atoms with Gasteiger partial charge in [-0.05, 0) is 32.0 Å². The number of rotatable bonds is 8. The van der Waals surface area contributed by atoms with E-state index in [9.17, 15) is 13.2 Å². The van der Waals surface area contributed by atoms with Gasteiger partial charge in [0.15, 0.2) is 5.58 Å². The maximum Gasteiger partial charge on any atom is 0.257 e. The molecule has 0 saturated heterocycles. The van der Waals surface area contributed by atoms with Crippen molar-refractivity contribution in [3.63, 3.8) is 0 Å². The first kappa shape index (κ1) is 19.7. The van der Waals surface area contributed by atoms with Crippen LogP contribution < -0.4 is 5.32 Å². The molecule has 0 aliphatic rings. The number of sulfonamides is 1. The van der Waals surface area contributed by atoms with E-state index < -0.39 is 10.0 Å². The zero-order valence-electron chi connectivity index (χ0n) is 14.8. The maximum atomic E-state index is 12.6. The molecule has 9 heteroatoms. The minimum atomic E-state index is -3.54. The zero-order chi connectivity index (χ0) is 18.6. The van der Waals surface area contributed by atoms with Crippen molar-refractivity contribution in [1.82, 2.24) is 14.6 Å². The molecule has 0 fully saturated rings. The fraction of sp³-hybridized carbons (Fsp3) is 0.500. The minimum Gasteiger partial charge on any atom is -0.431 e. The Hall–Kier alpha value is -1.58. The van der Waals surface area contributed by atoms with Gasteiger partial charge in [-0.25, -0.2) is 13.4 Å². The fourth-order valence-corrected chi connectivity index (χ4v) is 4.44. The van der Waals surface area contributed by atoms with Crippen molar-refractivity contribution in [3.8, 4) is 0 Å². The van der Waals surface area contributed by atoms with Gasteiger partial charge in [0.1, 0.15) is 5.52 Å². The van der Waals surface area contributed by atoms with Crippen LogP contribution in [0.1, 0.15) is 27.7 Å². The molecule has 0 saturated carbocycles. The summed E-state index contributed by atoms with van der Waals surface area (Å²) in [6, 6.07) is 4.69. The summed E-state index contributed by atoms with van der Waals surface area (Å²) in [5.41, 5.74) is 0.949. The normalized spacial score (nSPS) is 12.2. The molecule has 2 aromatic rings. The summed E-state index contributed by atoms with van der Waals surface area (Å²) in [4.78, 5) is 16.2. The molecule has 1 amide bonds. The second-order valence-electron chi connectivity index (χ2n) is 5.71. The lowest BCUT2D eigenvalue weighted by Gasteiger charge is -2.18. The Balaban J connectivity index is 2.20. The second-order valence-corrected chi connectivity index (χ2v) is 8.57. The average molecular weight is 386 g/mol. The number of oxazole rings is 1. The van der Waals surface area contributed by atoms with Crippen LogP contribution in [0.25, 0.3) is 11.1 Å². The molecule has 1 aromatic heterocycles. The Labute approximate surface area is 152 Å². The Kier molecular flexibility index (Phi) is 6.47. The summed E-state index contributed by atoms with van der Waals surface area (Å²) in [5, 5.41) is 3.13. The molecule has 1 aromatic carbocycles. The number of benzene rings is 1. The molecule has 25 heavy (non-hydrogen) atoms. The Morgan fingerprint density at radius 2 is 2.00 bits per heavy atom. The first-order chi connectivity index (χ1) is 11.8. The minimum absolute atomic E-state index is 0.0737. The molecule has 0 bridgehead atoms. The van der Waals surface area contributed by atoms with Gasteiger partial charge in [0.2, 0.25) is 15.9 Å². The third-order valence-electron chi connectivity index (χ3n) is 3.46. The number of nitrogens with zero attached hydrogens (tertiary/aromatic N) is 2. The largest absolute Gasteiger partial charge is 0.431 e. The van der Waals surface area contributed by atoms with Crippen molar-refractivity contribution in [2.45, 2.75) is 43.9 Å². The van der Waals surface area contributed by atoms with Crippen LogP contribution in [0.4, 0.5) is 0 Å². The molecule has 0 spiro atoms. The van der Waals surface area contributed by atoms with Gasteiger partial charge < -0.3 is 9.73 Å². The molecule has 2 rings (SSSR count). The number of hydrogen-bond donors (Lipinski definition) is 1. The second kappa shape index (κ2) is 8.20. The van der Waals surface area contributed by atoms with Crippen LogP contribution >= 0.6 is 11.8 Å². The first-order valence-corrected chi connectivity index (χ1v) is 10.5. The van der Waals surface area contributed by atoms with E-state index in [4.69, 9.17) is 4.42 Å². The number of carbonyl (C=O) groups excluding carboxylic acids is 1. The van der Waals surface area contributed by atoms with Crippen LogP contribution in [0.2, 0.25) is 0 Å². The van der Waals surface area contributed by atoms with E-state index >= 15 is 0 Å². The van der Waals surface area contributed by atoms with Gasteiger partial charge >= 0.3 is 0 Å². The molecule has 0 unspecified atom stereocenters. The summed E-state index contributed by atoms with van der Waals surface area (Å²) >= 11 is 1.18. The van der Waals surface area contributed by atoms with Crippen LogP contribution in [0.3, 0.4) is 0 Å². The summed E-state index contributed by atoms with van der Waals surface area (Å²) in [5.74, 6) is 0.0855. The van der Waals surface area contributed by atoms with E-state index in [1.165, 1.54) is 28.2 Å². The van der Waals surface area contributed by atoms with Crippen molar-refractivity contribution in [2.75, 3.05) is 18.8 Å². The lowest BCUT2D eigenvalue weighted by molar-refractivity contribution is -0.119. The van der Waals surface area contributed by atoms with Crippen molar-refractivity contribution >= 4 is 38.8 Å². The number of carbonyl (C=O) groups is 1. The van der Waals surface area contributed by atoms with Crippen molar-refractivity contribution in [3.05, 3.63) is 18.2 Å². The highest BCUT2D eigenvalue weighted by atomic mass is 32.2. The Bertz CT molecular complexity index is 842. The summed E-state index contributed by atoms with van der Waals surface area (Å²) in [6.07, 6.45) is 0. The third-order valence-corrected chi connectivity index (χ3v) is 6.33. The number of hydrogen-bond acceptors (Lipinski definition) is 6. The van der Waals surface area contributed by atoms with E-state index in [0.29, 0.717) is 29.4 Å². The number of thioether (sulfide) groups is 1. The molecule has 0 radical (unpaired) electrons. The SMILES string of the molecule is CCN(CC)S(=O)(=O)c1ccc2oc(SCC(=O)NC(C)C)nc2c1. The topological polar surface area (TPSA) is 92.5 Å². The lowest BCUT2D eigenvalue weighted by Crippen LogP contribution is -2.31. The quantitative estimate of drug-likeness (QED) is 0.702. The highest BCUT2D eigenvalue weighted by Crippen LogP contribution is 2.26. The van der Waals surface area contributed by atoms with Gasteiger partial charge in [-0.3, -0.25) is 4.79 Å². The fourth-order valence-electron chi connectivity index (χ4n) is 2.31. The van der Waals surface area contributed by atoms with Crippen LogP contribution in [0.5, 0.6) is 0 Å². The van der Waals surface area contributed by atoms with Crippen molar-refractivity contribution in [1.29, 1.82) is 0 Å². The van der Waals surface area contributed by atoms with Gasteiger partial charge in [-0.2, -0.15) is 4.31 Å². The Morgan fingerprint density at radius 3 is 2.60 bits per heavy atom. The number of amides is 1. The van der Waals surface area contributed by atoms with Crippen molar-refractivity contribution < 1.29 is 17.6 Å². The monoisotopic (exact) mass is 385 g/mol. The summed E-state index contributed by atoms with van der Waals surface area (Å²) < 4.78 is 32.1. The number of fused-ring (bicyclic) bond motifs is 1. The smallest absolute Gasteiger partial charge is 0.257 e. The molecule has 138 valence electrons. The molecular weight excluding hydrogens is 362 g/mol. The summed E-state index contributed by atoms with van der Waals surface area (Å²) in [6.45, 7) is 8.18. The molecular formula is C16H23N3O4S2. The van der Waals surface area contributed by atoms with E-state index in [1.54, 1.807) is 19.9 Å². The van der Waals surface area contributed by atoms with Crippen LogP contribution in [-0.2, 0) is 14.8 Å². The number of nitrogens with one attached hydrogen (secondary N) is 1. The van der Waals surface area contributed by atoms with E-state index in [1.807, 2.05) is 13.8 Å². The molecule has 0 aliphatic carbocycles. The van der Waals surface area contributed by atoms with E-state index in [2.05, 4.69) is 10.3 Å².